The summed E-state index contributed by atoms with van der Waals surface area (Å²) in [4.78, 5) is 14.0. The predicted molar refractivity (Wildman–Crippen MR) is 84.5 cm³/mol. The van der Waals surface area contributed by atoms with Crippen molar-refractivity contribution in [3.05, 3.63) is 64.2 Å². The number of carbonyl (C=O) groups excluding carboxylic acids is 1. The van der Waals surface area contributed by atoms with Crippen LogP contribution >= 0.6 is 0 Å². The molecule has 2 aromatic carbocycles. The molecule has 22 heavy (non-hydrogen) atoms. The number of nitrogens with zero attached hydrogens (tertiary/aromatic N) is 2. The lowest BCUT2D eigenvalue weighted by Gasteiger charge is -2.19. The number of phenolic OH excluding ortho intramolecular Hbond substituents is 1. The summed E-state index contributed by atoms with van der Waals surface area (Å²) in [5.41, 5.74) is 3.49. The first-order valence-electron chi connectivity index (χ1n) is 6.97. The Morgan fingerprint density at radius 3 is 2.41 bits per heavy atom. The van der Waals surface area contributed by atoms with Crippen LogP contribution in [-0.2, 0) is 6.54 Å². The van der Waals surface area contributed by atoms with E-state index in [2.05, 4.69) is 6.07 Å². The van der Waals surface area contributed by atoms with E-state index in [0.29, 0.717) is 17.7 Å². The van der Waals surface area contributed by atoms with E-state index in [1.54, 1.807) is 37.1 Å². The third kappa shape index (κ3) is 3.09. The molecule has 0 heterocycles. The van der Waals surface area contributed by atoms with Gasteiger partial charge in [-0.1, -0.05) is 18.2 Å². The molecule has 0 aliphatic rings. The number of benzene rings is 2. The maximum atomic E-state index is 12.5. The minimum atomic E-state index is -0.232. The van der Waals surface area contributed by atoms with Crippen molar-refractivity contribution >= 4 is 5.91 Å². The van der Waals surface area contributed by atoms with Gasteiger partial charge in [-0.3, -0.25) is 4.79 Å². The summed E-state index contributed by atoms with van der Waals surface area (Å²) in [7, 11) is 1.69. The van der Waals surface area contributed by atoms with E-state index < -0.39 is 0 Å². The SMILES string of the molecule is Cc1ccc(C(=O)N(C)Cc2ccc(C#N)cc2)c(O)c1C. The highest BCUT2D eigenvalue weighted by Crippen LogP contribution is 2.26. The van der Waals surface area contributed by atoms with Crippen LogP contribution in [0.5, 0.6) is 5.75 Å². The highest BCUT2D eigenvalue weighted by atomic mass is 16.3. The quantitative estimate of drug-likeness (QED) is 0.945. The first kappa shape index (κ1) is 15.6. The number of aryl methyl sites for hydroxylation is 1. The van der Waals surface area contributed by atoms with Gasteiger partial charge in [0.1, 0.15) is 5.75 Å². The Bertz CT molecular complexity index is 743. The molecule has 2 rings (SSSR count). The number of amides is 1. The van der Waals surface area contributed by atoms with Crippen LogP contribution in [0.1, 0.15) is 32.6 Å². The van der Waals surface area contributed by atoms with Crippen LogP contribution in [0.4, 0.5) is 0 Å². The van der Waals surface area contributed by atoms with E-state index in [4.69, 9.17) is 5.26 Å². The molecular formula is C18H18N2O2. The van der Waals surface area contributed by atoms with Gasteiger partial charge in [-0.15, -0.1) is 0 Å². The van der Waals surface area contributed by atoms with E-state index in [9.17, 15) is 9.90 Å². The van der Waals surface area contributed by atoms with Crippen LogP contribution in [-0.4, -0.2) is 23.0 Å². The molecule has 0 aliphatic carbocycles. The lowest BCUT2D eigenvalue weighted by molar-refractivity contribution is 0.0782. The van der Waals surface area contributed by atoms with Crippen molar-refractivity contribution in [2.24, 2.45) is 0 Å². The van der Waals surface area contributed by atoms with Crippen LogP contribution in [0, 0.1) is 25.2 Å². The molecule has 112 valence electrons. The van der Waals surface area contributed by atoms with E-state index in [1.165, 1.54) is 0 Å². The number of hydrogen-bond acceptors (Lipinski definition) is 3. The number of phenols is 1. The molecule has 0 aromatic heterocycles. The van der Waals surface area contributed by atoms with Gasteiger partial charge in [0.25, 0.3) is 5.91 Å². The van der Waals surface area contributed by atoms with Crippen LogP contribution < -0.4 is 0 Å². The zero-order chi connectivity index (χ0) is 16.3. The molecule has 0 spiro atoms. The summed E-state index contributed by atoms with van der Waals surface area (Å²) >= 11 is 0. The van der Waals surface area contributed by atoms with E-state index in [1.807, 2.05) is 25.1 Å². The van der Waals surface area contributed by atoms with Gasteiger partial charge in [0.2, 0.25) is 0 Å². The molecule has 0 fully saturated rings. The van der Waals surface area contributed by atoms with Gasteiger partial charge >= 0.3 is 0 Å². The Hall–Kier alpha value is -2.80. The monoisotopic (exact) mass is 294 g/mol. The fraction of sp³-hybridized carbons (Fsp3) is 0.222. The van der Waals surface area contributed by atoms with Crippen molar-refractivity contribution in [1.82, 2.24) is 4.90 Å². The summed E-state index contributed by atoms with van der Waals surface area (Å²) in [5, 5.41) is 18.9. The Morgan fingerprint density at radius 1 is 1.18 bits per heavy atom. The first-order chi connectivity index (χ1) is 10.4. The fourth-order valence-electron chi connectivity index (χ4n) is 2.21. The number of hydrogen-bond donors (Lipinski definition) is 1. The Kier molecular flexibility index (Phi) is 4.47. The largest absolute Gasteiger partial charge is 0.507 e. The van der Waals surface area contributed by atoms with Crippen molar-refractivity contribution in [2.75, 3.05) is 7.05 Å². The maximum Gasteiger partial charge on any atom is 0.257 e. The average molecular weight is 294 g/mol. The molecular weight excluding hydrogens is 276 g/mol. The van der Waals surface area contributed by atoms with Crippen LogP contribution in [0.15, 0.2) is 36.4 Å². The third-order valence-electron chi connectivity index (χ3n) is 3.78. The lowest BCUT2D eigenvalue weighted by atomic mass is 10.0. The predicted octanol–water partition coefficient (Wildman–Crippen LogP) is 3.15. The van der Waals surface area contributed by atoms with Gasteiger partial charge in [0.15, 0.2) is 0 Å². The van der Waals surface area contributed by atoms with Gasteiger partial charge in [-0.2, -0.15) is 5.26 Å². The van der Waals surface area contributed by atoms with Crippen LogP contribution in [0.3, 0.4) is 0 Å². The molecule has 0 atom stereocenters. The molecule has 1 N–H and O–H groups in total. The van der Waals surface area contributed by atoms with Crippen LogP contribution in [0.25, 0.3) is 0 Å². The highest BCUT2D eigenvalue weighted by molar-refractivity contribution is 5.97. The zero-order valence-corrected chi connectivity index (χ0v) is 12.9. The topological polar surface area (TPSA) is 64.3 Å². The van der Waals surface area contributed by atoms with Gasteiger partial charge < -0.3 is 10.0 Å². The molecule has 4 heteroatoms. The third-order valence-corrected chi connectivity index (χ3v) is 3.78. The smallest absolute Gasteiger partial charge is 0.257 e. The summed E-state index contributed by atoms with van der Waals surface area (Å²) in [6.07, 6.45) is 0. The Labute approximate surface area is 130 Å². The second kappa shape index (κ2) is 6.31. The van der Waals surface area contributed by atoms with E-state index >= 15 is 0 Å². The van der Waals surface area contributed by atoms with Crippen molar-refractivity contribution in [1.29, 1.82) is 5.26 Å². The normalized spacial score (nSPS) is 10.1. The maximum absolute atomic E-state index is 12.5. The van der Waals surface area contributed by atoms with Crippen molar-refractivity contribution in [2.45, 2.75) is 20.4 Å². The molecule has 0 saturated heterocycles. The summed E-state index contributed by atoms with van der Waals surface area (Å²) in [6.45, 7) is 4.10. The standard InChI is InChI=1S/C18H18N2O2/c1-12-4-9-16(17(21)13(12)2)18(22)20(3)11-15-7-5-14(10-19)6-8-15/h4-9,21H,11H2,1-3H3. The zero-order valence-electron chi connectivity index (χ0n) is 12.9. The van der Waals surface area contributed by atoms with Crippen molar-refractivity contribution in [3.63, 3.8) is 0 Å². The minimum Gasteiger partial charge on any atom is -0.507 e. The number of rotatable bonds is 3. The number of aromatic hydroxyl groups is 1. The Morgan fingerprint density at radius 2 is 1.82 bits per heavy atom. The van der Waals surface area contributed by atoms with Gasteiger partial charge in [0, 0.05) is 13.6 Å². The second-order valence-corrected chi connectivity index (χ2v) is 5.37. The summed E-state index contributed by atoms with van der Waals surface area (Å²) in [5.74, 6) is -0.193. The molecule has 0 saturated carbocycles. The summed E-state index contributed by atoms with van der Waals surface area (Å²) < 4.78 is 0. The molecule has 2 aromatic rings. The average Bonchev–Trinajstić information content (AvgIpc) is 2.53. The molecule has 0 aliphatic heterocycles. The molecule has 0 radical (unpaired) electrons. The lowest BCUT2D eigenvalue weighted by Crippen LogP contribution is -2.26. The molecule has 0 bridgehead atoms. The van der Waals surface area contributed by atoms with Crippen molar-refractivity contribution < 1.29 is 9.90 Å². The van der Waals surface area contributed by atoms with Crippen LogP contribution in [0.2, 0.25) is 0 Å². The fourth-order valence-corrected chi connectivity index (χ4v) is 2.21. The number of nitriles is 1. The molecule has 1 amide bonds. The Balaban J connectivity index is 2.19. The minimum absolute atomic E-state index is 0.0386. The van der Waals surface area contributed by atoms with Gasteiger partial charge in [-0.05, 0) is 48.7 Å². The summed E-state index contributed by atoms with van der Waals surface area (Å²) in [6, 6.07) is 12.6. The second-order valence-electron chi connectivity index (χ2n) is 5.37. The van der Waals surface area contributed by atoms with Gasteiger partial charge in [0.05, 0.1) is 17.2 Å². The van der Waals surface area contributed by atoms with E-state index in [0.717, 1.165) is 16.7 Å². The highest BCUT2D eigenvalue weighted by Gasteiger charge is 2.18. The number of carbonyl (C=O) groups is 1. The molecule has 0 unspecified atom stereocenters. The van der Waals surface area contributed by atoms with E-state index in [-0.39, 0.29) is 11.7 Å². The van der Waals surface area contributed by atoms with Gasteiger partial charge in [-0.25, -0.2) is 0 Å². The van der Waals surface area contributed by atoms with Crippen molar-refractivity contribution in [3.8, 4) is 11.8 Å². The molecule has 4 nitrogen and oxygen atoms in total. The first-order valence-corrected chi connectivity index (χ1v) is 6.97.